The van der Waals surface area contributed by atoms with Gasteiger partial charge in [0.15, 0.2) is 22.2 Å². The fraction of sp³-hybridized carbons (Fsp3) is 0.125. The number of hydrogen-bond donors (Lipinski definition) is 2. The number of nitrogens with zero attached hydrogens (tertiary/aromatic N) is 5. The molecule has 0 saturated carbocycles. The third-order valence-electron chi connectivity index (χ3n) is 3.74. The minimum Gasteiger partial charge on any atom is -0.493 e. The molecule has 24 heavy (non-hydrogen) atoms. The van der Waals surface area contributed by atoms with Crippen molar-refractivity contribution in [3.8, 4) is 27.7 Å². The summed E-state index contributed by atoms with van der Waals surface area (Å²) in [6.45, 7) is 2.04. The Morgan fingerprint density at radius 3 is 2.67 bits per heavy atom. The Kier molecular flexibility index (Phi) is 3.39. The summed E-state index contributed by atoms with van der Waals surface area (Å²) in [5, 5.41) is 24.6. The average Bonchev–Trinajstić information content (AvgIpc) is 3.20. The molecule has 0 atom stereocenters. The van der Waals surface area contributed by atoms with Crippen molar-refractivity contribution in [2.75, 3.05) is 5.73 Å². The van der Waals surface area contributed by atoms with Crippen LogP contribution < -0.4 is 5.73 Å². The van der Waals surface area contributed by atoms with Crippen molar-refractivity contribution in [3.05, 3.63) is 41.4 Å². The fourth-order valence-electron chi connectivity index (χ4n) is 2.64. The van der Waals surface area contributed by atoms with E-state index in [1.807, 2.05) is 37.3 Å². The van der Waals surface area contributed by atoms with Crippen LogP contribution in [0.2, 0.25) is 0 Å². The molecule has 4 rings (SSSR count). The summed E-state index contributed by atoms with van der Waals surface area (Å²) in [5.41, 5.74) is 10.1. The van der Waals surface area contributed by atoms with E-state index in [1.54, 1.807) is 4.52 Å². The van der Waals surface area contributed by atoms with Crippen molar-refractivity contribution >= 4 is 22.8 Å². The zero-order chi connectivity index (χ0) is 16.7. The third-order valence-corrected chi connectivity index (χ3v) is 4.58. The van der Waals surface area contributed by atoms with Gasteiger partial charge < -0.3 is 10.8 Å². The van der Waals surface area contributed by atoms with Gasteiger partial charge in [0, 0.05) is 0 Å². The van der Waals surface area contributed by atoms with Gasteiger partial charge >= 0.3 is 0 Å². The summed E-state index contributed by atoms with van der Waals surface area (Å²) in [6.07, 6.45) is 0.750. The van der Waals surface area contributed by atoms with Crippen LogP contribution in [0.15, 0.2) is 35.7 Å². The molecule has 0 saturated heterocycles. The van der Waals surface area contributed by atoms with Crippen LogP contribution in [-0.4, -0.2) is 29.9 Å². The van der Waals surface area contributed by atoms with E-state index in [9.17, 15) is 5.11 Å². The predicted octanol–water partition coefficient (Wildman–Crippen LogP) is 2.77. The highest BCUT2D eigenvalue weighted by Crippen LogP contribution is 2.32. The molecule has 0 radical (unpaired) electrons. The first-order chi connectivity index (χ1) is 11.7. The topological polar surface area (TPSA) is 102 Å². The minimum absolute atomic E-state index is 0.0593. The number of aromatic hydroxyl groups is 1. The van der Waals surface area contributed by atoms with Crippen LogP contribution in [0.3, 0.4) is 0 Å². The number of thiazole rings is 1. The van der Waals surface area contributed by atoms with Gasteiger partial charge in [0.05, 0.1) is 16.6 Å². The van der Waals surface area contributed by atoms with E-state index in [0.717, 1.165) is 23.2 Å². The Morgan fingerprint density at radius 1 is 1.21 bits per heavy atom. The molecule has 0 aliphatic carbocycles. The standard InChI is InChI=1S/C16H14N6OS/c1-2-10-12(9-6-4-3-5-7-9)15-20-19-13(14(17)22(15)21-10)16-18-11(23)8-24-16/h3-8,23H,2,17H2,1H3. The summed E-state index contributed by atoms with van der Waals surface area (Å²) in [5.74, 6) is 0.294. The Balaban J connectivity index is 1.98. The van der Waals surface area contributed by atoms with E-state index in [-0.39, 0.29) is 5.88 Å². The molecule has 0 bridgehead atoms. The summed E-state index contributed by atoms with van der Waals surface area (Å²) >= 11 is 1.25. The number of anilines is 1. The van der Waals surface area contributed by atoms with Crippen LogP contribution in [0, 0.1) is 0 Å². The molecule has 4 aromatic rings. The Hall–Kier alpha value is -3.00. The lowest BCUT2D eigenvalue weighted by molar-refractivity contribution is 0.458. The molecule has 0 spiro atoms. The molecule has 0 unspecified atom stereocenters. The number of aryl methyl sites for hydroxylation is 1. The fourth-order valence-corrected chi connectivity index (χ4v) is 3.31. The first kappa shape index (κ1) is 14.6. The van der Waals surface area contributed by atoms with E-state index in [0.29, 0.717) is 22.2 Å². The lowest BCUT2D eigenvalue weighted by Gasteiger charge is -2.04. The maximum Gasteiger partial charge on any atom is 0.222 e. The first-order valence-corrected chi connectivity index (χ1v) is 8.31. The van der Waals surface area contributed by atoms with Crippen molar-refractivity contribution < 1.29 is 5.11 Å². The Morgan fingerprint density at radius 2 is 2.00 bits per heavy atom. The molecular weight excluding hydrogens is 324 g/mol. The SMILES string of the molecule is CCc1nn2c(N)c(-c3nc(O)cs3)nnc2c1-c1ccccc1. The van der Waals surface area contributed by atoms with Gasteiger partial charge in [-0.2, -0.15) is 14.6 Å². The summed E-state index contributed by atoms with van der Waals surface area (Å²) in [4.78, 5) is 4.01. The minimum atomic E-state index is -0.0593. The zero-order valence-electron chi connectivity index (χ0n) is 12.8. The van der Waals surface area contributed by atoms with E-state index in [2.05, 4.69) is 20.3 Å². The normalized spacial score (nSPS) is 11.2. The molecule has 1 aromatic carbocycles. The largest absolute Gasteiger partial charge is 0.493 e. The molecule has 120 valence electrons. The summed E-state index contributed by atoms with van der Waals surface area (Å²) < 4.78 is 1.60. The maximum atomic E-state index is 9.44. The second-order valence-electron chi connectivity index (χ2n) is 5.22. The smallest absolute Gasteiger partial charge is 0.222 e. The van der Waals surface area contributed by atoms with Crippen LogP contribution in [0.5, 0.6) is 5.88 Å². The van der Waals surface area contributed by atoms with Gasteiger partial charge in [-0.05, 0) is 12.0 Å². The number of nitrogens with two attached hydrogens (primary N) is 1. The lowest BCUT2D eigenvalue weighted by atomic mass is 10.0. The molecule has 0 fully saturated rings. The molecule has 7 nitrogen and oxygen atoms in total. The van der Waals surface area contributed by atoms with Crippen LogP contribution in [-0.2, 0) is 6.42 Å². The number of benzene rings is 1. The monoisotopic (exact) mass is 338 g/mol. The van der Waals surface area contributed by atoms with Gasteiger partial charge in [-0.1, -0.05) is 37.3 Å². The second kappa shape index (κ2) is 5.57. The Labute approximate surface area is 141 Å². The molecular formula is C16H14N6OS. The van der Waals surface area contributed by atoms with Crippen molar-refractivity contribution in [3.63, 3.8) is 0 Å². The number of rotatable bonds is 3. The van der Waals surface area contributed by atoms with Gasteiger partial charge in [0.1, 0.15) is 0 Å². The van der Waals surface area contributed by atoms with Gasteiger partial charge in [-0.15, -0.1) is 21.5 Å². The van der Waals surface area contributed by atoms with E-state index in [4.69, 9.17) is 5.73 Å². The quantitative estimate of drug-likeness (QED) is 0.595. The van der Waals surface area contributed by atoms with E-state index >= 15 is 0 Å². The van der Waals surface area contributed by atoms with Crippen LogP contribution in [0.4, 0.5) is 5.82 Å². The molecule has 3 N–H and O–H groups in total. The number of fused-ring (bicyclic) bond motifs is 1. The van der Waals surface area contributed by atoms with E-state index < -0.39 is 0 Å². The Bertz CT molecular complexity index is 1020. The van der Waals surface area contributed by atoms with Crippen LogP contribution >= 0.6 is 11.3 Å². The van der Waals surface area contributed by atoms with Crippen molar-refractivity contribution in [1.82, 2.24) is 24.8 Å². The highest BCUT2D eigenvalue weighted by atomic mass is 32.1. The maximum absolute atomic E-state index is 9.44. The zero-order valence-corrected chi connectivity index (χ0v) is 13.7. The number of hydrogen-bond acceptors (Lipinski definition) is 7. The van der Waals surface area contributed by atoms with Crippen molar-refractivity contribution in [2.24, 2.45) is 0 Å². The van der Waals surface area contributed by atoms with Gasteiger partial charge in [0.2, 0.25) is 5.88 Å². The van der Waals surface area contributed by atoms with Gasteiger partial charge in [-0.25, -0.2) is 0 Å². The van der Waals surface area contributed by atoms with Crippen molar-refractivity contribution in [2.45, 2.75) is 13.3 Å². The number of aromatic nitrogens is 5. The predicted molar refractivity (Wildman–Crippen MR) is 92.8 cm³/mol. The first-order valence-electron chi connectivity index (χ1n) is 7.43. The average molecular weight is 338 g/mol. The molecule has 0 aliphatic rings. The summed E-state index contributed by atoms with van der Waals surface area (Å²) in [7, 11) is 0. The van der Waals surface area contributed by atoms with Gasteiger partial charge in [-0.3, -0.25) is 0 Å². The summed E-state index contributed by atoms with van der Waals surface area (Å²) in [6, 6.07) is 9.94. The molecule has 0 aliphatic heterocycles. The third kappa shape index (κ3) is 2.19. The highest BCUT2D eigenvalue weighted by Gasteiger charge is 2.20. The van der Waals surface area contributed by atoms with E-state index in [1.165, 1.54) is 16.7 Å². The molecule has 3 aromatic heterocycles. The van der Waals surface area contributed by atoms with Crippen LogP contribution in [0.1, 0.15) is 12.6 Å². The molecule has 3 heterocycles. The number of nitrogen functional groups attached to an aromatic ring is 1. The second-order valence-corrected chi connectivity index (χ2v) is 6.08. The van der Waals surface area contributed by atoms with Gasteiger partial charge in [0.25, 0.3) is 0 Å². The van der Waals surface area contributed by atoms with Crippen molar-refractivity contribution in [1.29, 1.82) is 0 Å². The molecule has 0 amide bonds. The van der Waals surface area contributed by atoms with Crippen LogP contribution in [0.25, 0.3) is 27.5 Å². The highest BCUT2D eigenvalue weighted by molar-refractivity contribution is 7.13. The molecule has 8 heteroatoms. The lowest BCUT2D eigenvalue weighted by Crippen LogP contribution is -2.05.